The molecule has 0 saturated carbocycles. The number of nitrogens with one attached hydrogen (secondary N) is 3. The van der Waals surface area contributed by atoms with Crippen molar-refractivity contribution in [1.29, 1.82) is 0 Å². The van der Waals surface area contributed by atoms with Gasteiger partial charge in [0.1, 0.15) is 0 Å². The van der Waals surface area contributed by atoms with Crippen LogP contribution in [0, 0.1) is 6.92 Å². The van der Waals surface area contributed by atoms with Crippen LogP contribution < -0.4 is 10.2 Å². The molecule has 8 heteroatoms. The number of H-pyrrole nitrogens is 1. The minimum Gasteiger partial charge on any atom is -0.358 e. The Balaban J connectivity index is 1.66. The number of sulfonamides is 1. The van der Waals surface area contributed by atoms with E-state index in [1.54, 1.807) is 12.1 Å². The Morgan fingerprint density at radius 3 is 2.57 bits per heavy atom. The standard InChI is InChI=1S/C20H21N3O4S/c1-14-17(18-4-2-3-5-19(18)22-14)12-13-21-28(26,27)16-9-6-15(7-10-16)8-11-20(24)23-25/h2-11,21-22,25H,12-13H2,1H3,(H,23,24)/b11-8+. The molecule has 0 saturated heterocycles. The largest absolute Gasteiger partial charge is 0.358 e. The van der Waals surface area contributed by atoms with E-state index in [0.29, 0.717) is 12.0 Å². The fourth-order valence-electron chi connectivity index (χ4n) is 3.02. The molecule has 0 fully saturated rings. The van der Waals surface area contributed by atoms with E-state index in [2.05, 4.69) is 9.71 Å². The van der Waals surface area contributed by atoms with E-state index in [4.69, 9.17) is 5.21 Å². The predicted molar refractivity (Wildman–Crippen MR) is 107 cm³/mol. The summed E-state index contributed by atoms with van der Waals surface area (Å²) in [4.78, 5) is 14.4. The number of fused-ring (bicyclic) bond motifs is 1. The maximum Gasteiger partial charge on any atom is 0.267 e. The lowest BCUT2D eigenvalue weighted by atomic mass is 10.1. The average Bonchev–Trinajstić information content (AvgIpc) is 3.01. The number of carbonyl (C=O) groups excluding carboxylic acids is 1. The first kappa shape index (κ1) is 19.8. The molecule has 146 valence electrons. The molecule has 3 aromatic rings. The highest BCUT2D eigenvalue weighted by molar-refractivity contribution is 7.89. The van der Waals surface area contributed by atoms with Crippen LogP contribution in [0.15, 0.2) is 59.5 Å². The number of benzene rings is 2. The number of para-hydroxylation sites is 1. The van der Waals surface area contributed by atoms with Gasteiger partial charge in [-0.2, -0.15) is 0 Å². The van der Waals surface area contributed by atoms with Gasteiger partial charge in [0.05, 0.1) is 4.90 Å². The Bertz CT molecular complexity index is 1120. The average molecular weight is 399 g/mol. The van der Waals surface area contributed by atoms with Gasteiger partial charge in [0.2, 0.25) is 10.0 Å². The molecule has 1 heterocycles. The van der Waals surface area contributed by atoms with Crippen molar-refractivity contribution in [2.75, 3.05) is 6.54 Å². The number of hydroxylamine groups is 1. The summed E-state index contributed by atoms with van der Waals surface area (Å²) in [6, 6.07) is 14.0. The van der Waals surface area contributed by atoms with Crippen molar-refractivity contribution in [2.45, 2.75) is 18.2 Å². The van der Waals surface area contributed by atoms with Crippen molar-refractivity contribution in [3.63, 3.8) is 0 Å². The first-order valence-corrected chi connectivity index (χ1v) is 10.2. The van der Waals surface area contributed by atoms with Crippen molar-refractivity contribution < 1.29 is 18.4 Å². The maximum absolute atomic E-state index is 12.5. The molecule has 0 bridgehead atoms. The van der Waals surface area contributed by atoms with Crippen molar-refractivity contribution in [3.8, 4) is 0 Å². The lowest BCUT2D eigenvalue weighted by Gasteiger charge is -2.07. The number of hydrogen-bond donors (Lipinski definition) is 4. The van der Waals surface area contributed by atoms with E-state index >= 15 is 0 Å². The fourth-order valence-corrected chi connectivity index (χ4v) is 4.05. The van der Waals surface area contributed by atoms with E-state index in [0.717, 1.165) is 28.2 Å². The van der Waals surface area contributed by atoms with Crippen molar-refractivity contribution in [2.24, 2.45) is 0 Å². The van der Waals surface area contributed by atoms with Crippen LogP contribution in [0.1, 0.15) is 16.8 Å². The maximum atomic E-state index is 12.5. The highest BCUT2D eigenvalue weighted by Gasteiger charge is 2.14. The highest BCUT2D eigenvalue weighted by Crippen LogP contribution is 2.22. The van der Waals surface area contributed by atoms with Crippen LogP contribution in [0.25, 0.3) is 17.0 Å². The zero-order valence-electron chi connectivity index (χ0n) is 15.3. The van der Waals surface area contributed by atoms with Crippen LogP contribution in [-0.2, 0) is 21.2 Å². The summed E-state index contributed by atoms with van der Waals surface area (Å²) >= 11 is 0. The predicted octanol–water partition coefficient (Wildman–Crippen LogP) is 2.52. The molecule has 0 aliphatic carbocycles. The van der Waals surface area contributed by atoms with Crippen LogP contribution in [0.2, 0.25) is 0 Å². The summed E-state index contributed by atoms with van der Waals surface area (Å²) in [6.07, 6.45) is 3.19. The van der Waals surface area contributed by atoms with E-state index in [1.807, 2.05) is 31.2 Å². The number of amides is 1. The molecule has 1 aromatic heterocycles. The molecule has 0 unspecified atom stereocenters. The smallest absolute Gasteiger partial charge is 0.267 e. The second-order valence-corrected chi connectivity index (χ2v) is 8.07. The van der Waals surface area contributed by atoms with Gasteiger partial charge in [-0.1, -0.05) is 30.3 Å². The Hall–Kier alpha value is -2.94. The fraction of sp³-hybridized carbons (Fsp3) is 0.150. The monoisotopic (exact) mass is 399 g/mol. The molecule has 0 radical (unpaired) electrons. The van der Waals surface area contributed by atoms with E-state index in [-0.39, 0.29) is 11.4 Å². The zero-order chi connectivity index (χ0) is 20.1. The second kappa shape index (κ2) is 8.39. The summed E-state index contributed by atoms with van der Waals surface area (Å²) in [5.41, 5.74) is 5.29. The van der Waals surface area contributed by atoms with Crippen LogP contribution in [0.3, 0.4) is 0 Å². The Morgan fingerprint density at radius 1 is 1.14 bits per heavy atom. The molecule has 0 aliphatic rings. The number of carbonyl (C=O) groups is 1. The van der Waals surface area contributed by atoms with Gasteiger partial charge >= 0.3 is 0 Å². The van der Waals surface area contributed by atoms with Crippen molar-refractivity contribution in [1.82, 2.24) is 15.2 Å². The molecule has 1 amide bonds. The molecule has 0 aliphatic heterocycles. The van der Waals surface area contributed by atoms with Crippen LogP contribution >= 0.6 is 0 Å². The molecule has 0 spiro atoms. The van der Waals surface area contributed by atoms with E-state index in [1.165, 1.54) is 23.7 Å². The third-order valence-corrected chi connectivity index (χ3v) is 5.90. The number of rotatable bonds is 7. The number of aromatic amines is 1. The minimum absolute atomic E-state index is 0.145. The second-order valence-electron chi connectivity index (χ2n) is 6.30. The van der Waals surface area contributed by atoms with Gasteiger partial charge < -0.3 is 4.98 Å². The molecular weight excluding hydrogens is 378 g/mol. The Morgan fingerprint density at radius 2 is 1.86 bits per heavy atom. The first-order chi connectivity index (χ1) is 13.4. The van der Waals surface area contributed by atoms with Gasteiger partial charge in [0.25, 0.3) is 5.91 Å². The third kappa shape index (κ3) is 4.48. The molecule has 2 aromatic carbocycles. The summed E-state index contributed by atoms with van der Waals surface area (Å²) in [5, 5.41) is 9.55. The molecule has 28 heavy (non-hydrogen) atoms. The lowest BCUT2D eigenvalue weighted by molar-refractivity contribution is -0.124. The summed E-state index contributed by atoms with van der Waals surface area (Å²) in [7, 11) is -3.64. The summed E-state index contributed by atoms with van der Waals surface area (Å²) in [6.45, 7) is 2.26. The topological polar surface area (TPSA) is 111 Å². The van der Waals surface area contributed by atoms with Crippen LogP contribution in [0.4, 0.5) is 0 Å². The SMILES string of the molecule is Cc1[nH]c2ccccc2c1CCNS(=O)(=O)c1ccc(/C=C/C(=O)NO)cc1. The molecule has 3 rings (SSSR count). The van der Waals surface area contributed by atoms with Gasteiger partial charge in [0, 0.05) is 29.2 Å². The first-order valence-electron chi connectivity index (χ1n) is 8.69. The molecular formula is C20H21N3O4S. The van der Waals surface area contributed by atoms with Gasteiger partial charge in [-0.05, 0) is 48.7 Å². The van der Waals surface area contributed by atoms with Gasteiger partial charge in [-0.3, -0.25) is 10.0 Å². The molecule has 4 N–H and O–H groups in total. The van der Waals surface area contributed by atoms with Crippen molar-refractivity contribution in [3.05, 3.63) is 71.4 Å². The Labute approximate surface area is 163 Å². The zero-order valence-corrected chi connectivity index (χ0v) is 16.1. The van der Waals surface area contributed by atoms with Gasteiger partial charge in [0.15, 0.2) is 0 Å². The third-order valence-electron chi connectivity index (χ3n) is 4.42. The summed E-state index contributed by atoms with van der Waals surface area (Å²) < 4.78 is 27.6. The summed E-state index contributed by atoms with van der Waals surface area (Å²) in [5.74, 6) is -0.661. The molecule has 7 nitrogen and oxygen atoms in total. The minimum atomic E-state index is -3.64. The number of aryl methyl sites for hydroxylation is 1. The molecule has 0 atom stereocenters. The van der Waals surface area contributed by atoms with Gasteiger partial charge in [-0.15, -0.1) is 0 Å². The van der Waals surface area contributed by atoms with Gasteiger partial charge in [-0.25, -0.2) is 18.6 Å². The highest BCUT2D eigenvalue weighted by atomic mass is 32.2. The van der Waals surface area contributed by atoms with Crippen LogP contribution in [-0.4, -0.2) is 31.1 Å². The normalized spacial score (nSPS) is 11.9. The quantitative estimate of drug-likeness (QED) is 0.278. The van der Waals surface area contributed by atoms with Crippen LogP contribution in [0.5, 0.6) is 0 Å². The van der Waals surface area contributed by atoms with Crippen molar-refractivity contribution >= 4 is 32.9 Å². The lowest BCUT2D eigenvalue weighted by Crippen LogP contribution is -2.26. The Kier molecular flexibility index (Phi) is 5.93. The number of aromatic nitrogens is 1. The van der Waals surface area contributed by atoms with E-state index < -0.39 is 15.9 Å². The van der Waals surface area contributed by atoms with E-state index in [9.17, 15) is 13.2 Å². The number of hydrogen-bond acceptors (Lipinski definition) is 4.